The van der Waals surface area contributed by atoms with Gasteiger partial charge in [0.15, 0.2) is 0 Å². The van der Waals surface area contributed by atoms with E-state index in [1.165, 1.54) is 10.9 Å². The molecule has 14 heavy (non-hydrogen) atoms. The maximum atomic E-state index is 5.31. The molecule has 0 aliphatic carbocycles. The molecule has 0 aliphatic rings. The first-order chi connectivity index (χ1) is 6.29. The Kier molecular flexibility index (Phi) is 4.05. The third-order valence-electron chi connectivity index (χ3n) is 2.06. The largest absolute Gasteiger partial charge is 0.333 e. The second-order valence-corrected chi connectivity index (χ2v) is 3.12. The van der Waals surface area contributed by atoms with Gasteiger partial charge in [0.1, 0.15) is 0 Å². The quantitative estimate of drug-likeness (QED) is 0.469. The van der Waals surface area contributed by atoms with Gasteiger partial charge in [0.05, 0.1) is 0 Å². The molecule has 0 fully saturated rings. The minimum absolute atomic E-state index is 0. The monoisotopic (exact) mass is 260 g/mol. The van der Waals surface area contributed by atoms with Crippen molar-refractivity contribution in [1.82, 2.24) is 0 Å². The van der Waals surface area contributed by atoms with Crippen molar-refractivity contribution >= 4 is 16.5 Å². The first-order valence-electron chi connectivity index (χ1n) is 4.18. The zero-order valence-corrected chi connectivity index (χ0v) is 10.9. The predicted molar refractivity (Wildman–Crippen MR) is 55.3 cm³/mol. The summed E-state index contributed by atoms with van der Waals surface area (Å²) in [6.45, 7) is 2.06. The third-order valence-corrected chi connectivity index (χ3v) is 2.06. The second kappa shape index (κ2) is 4.88. The molecular formula is C11H11N2Y-. The van der Waals surface area contributed by atoms with Crippen molar-refractivity contribution in [1.29, 1.82) is 0 Å². The van der Waals surface area contributed by atoms with Gasteiger partial charge in [0.2, 0.25) is 0 Å². The number of hydrogen-bond acceptors (Lipinski definition) is 2. The maximum Gasteiger partial charge on any atom is 0.00716 e. The number of benzene rings is 2. The van der Waals surface area contributed by atoms with Gasteiger partial charge in [-0.25, -0.2) is 0 Å². The molecule has 0 atom stereocenters. The van der Waals surface area contributed by atoms with E-state index in [0.717, 1.165) is 11.1 Å². The normalized spacial score (nSPS) is 9.57. The number of hydrazine groups is 1. The smallest absolute Gasteiger partial charge is 0.00716 e. The molecule has 0 saturated carbocycles. The summed E-state index contributed by atoms with van der Waals surface area (Å²) >= 11 is 0. The summed E-state index contributed by atoms with van der Waals surface area (Å²) in [5, 5.41) is 2.28. The Morgan fingerprint density at radius 3 is 2.79 bits per heavy atom. The molecule has 0 bridgehead atoms. The number of fused-ring (bicyclic) bond motifs is 1. The predicted octanol–water partition coefficient (Wildman–Crippen LogP) is 2.23. The SMILES string of the molecule is Cc1c[c-]c2cc(NN)ccc2c1.[Y]. The van der Waals surface area contributed by atoms with E-state index in [1.807, 2.05) is 24.3 Å². The average Bonchev–Trinajstić information content (AvgIpc) is 2.17. The van der Waals surface area contributed by atoms with Gasteiger partial charge in [0.25, 0.3) is 0 Å². The molecule has 3 heteroatoms. The fourth-order valence-electron chi connectivity index (χ4n) is 1.38. The minimum Gasteiger partial charge on any atom is -0.333 e. The fourth-order valence-corrected chi connectivity index (χ4v) is 1.38. The Balaban J connectivity index is 0.000000980. The van der Waals surface area contributed by atoms with Gasteiger partial charge in [-0.05, 0) is 0 Å². The van der Waals surface area contributed by atoms with Crippen molar-refractivity contribution in [2.75, 3.05) is 5.43 Å². The molecule has 0 spiro atoms. The number of nitrogen functional groups attached to an aromatic ring is 1. The van der Waals surface area contributed by atoms with Crippen LogP contribution in [0, 0.1) is 13.0 Å². The third kappa shape index (κ3) is 2.32. The van der Waals surface area contributed by atoms with Gasteiger partial charge in [0, 0.05) is 38.4 Å². The summed E-state index contributed by atoms with van der Waals surface area (Å²) in [5.74, 6) is 5.31. The molecule has 0 heterocycles. The molecule has 0 aliphatic heterocycles. The zero-order valence-electron chi connectivity index (χ0n) is 8.04. The first kappa shape index (κ1) is 11.6. The van der Waals surface area contributed by atoms with Crippen molar-refractivity contribution in [3.05, 3.63) is 42.0 Å². The van der Waals surface area contributed by atoms with E-state index < -0.39 is 0 Å². The topological polar surface area (TPSA) is 38.0 Å². The van der Waals surface area contributed by atoms with Gasteiger partial charge >= 0.3 is 0 Å². The number of aryl methyl sites for hydroxylation is 1. The van der Waals surface area contributed by atoms with Crippen molar-refractivity contribution in [2.45, 2.75) is 6.92 Å². The molecule has 0 saturated heterocycles. The van der Waals surface area contributed by atoms with Crippen molar-refractivity contribution in [3.8, 4) is 0 Å². The number of nitrogens with one attached hydrogen (secondary N) is 1. The van der Waals surface area contributed by atoms with Gasteiger partial charge in [-0.15, -0.1) is 40.6 Å². The van der Waals surface area contributed by atoms with E-state index >= 15 is 0 Å². The van der Waals surface area contributed by atoms with Crippen molar-refractivity contribution < 1.29 is 32.7 Å². The minimum atomic E-state index is 0. The Morgan fingerprint density at radius 1 is 1.29 bits per heavy atom. The molecule has 3 N–H and O–H groups in total. The number of nitrogens with two attached hydrogens (primary N) is 1. The Hall–Kier alpha value is -0.436. The number of anilines is 1. The van der Waals surface area contributed by atoms with Crippen LogP contribution in [0.3, 0.4) is 0 Å². The van der Waals surface area contributed by atoms with Crippen LogP contribution in [0.5, 0.6) is 0 Å². The summed E-state index contributed by atoms with van der Waals surface area (Å²) in [4.78, 5) is 0. The Morgan fingerprint density at radius 2 is 2.07 bits per heavy atom. The molecule has 2 aromatic rings. The average molecular weight is 260 g/mol. The van der Waals surface area contributed by atoms with Crippen molar-refractivity contribution in [3.63, 3.8) is 0 Å². The Bertz CT molecular complexity index is 440. The van der Waals surface area contributed by atoms with E-state index in [-0.39, 0.29) is 32.7 Å². The maximum absolute atomic E-state index is 5.31. The molecule has 2 nitrogen and oxygen atoms in total. The summed E-state index contributed by atoms with van der Waals surface area (Å²) in [7, 11) is 0. The van der Waals surface area contributed by atoms with E-state index in [0.29, 0.717) is 0 Å². The van der Waals surface area contributed by atoms with Crippen LogP contribution in [0.1, 0.15) is 5.56 Å². The van der Waals surface area contributed by atoms with Gasteiger partial charge < -0.3 is 5.43 Å². The molecule has 0 unspecified atom stereocenters. The fraction of sp³-hybridized carbons (Fsp3) is 0.0909. The van der Waals surface area contributed by atoms with Crippen LogP contribution in [-0.2, 0) is 32.7 Å². The van der Waals surface area contributed by atoms with E-state index in [9.17, 15) is 0 Å². The molecule has 69 valence electrons. The molecule has 0 amide bonds. The molecule has 1 radical (unpaired) electrons. The molecule has 0 aromatic heterocycles. The molecule has 2 aromatic carbocycles. The zero-order chi connectivity index (χ0) is 9.26. The molecular weight excluding hydrogens is 249 g/mol. The Labute approximate surface area is 109 Å². The van der Waals surface area contributed by atoms with E-state index in [4.69, 9.17) is 5.84 Å². The van der Waals surface area contributed by atoms with Crippen LogP contribution < -0.4 is 11.3 Å². The van der Waals surface area contributed by atoms with Crippen LogP contribution in [0.2, 0.25) is 0 Å². The van der Waals surface area contributed by atoms with Crippen LogP contribution in [0.25, 0.3) is 10.8 Å². The summed E-state index contributed by atoms with van der Waals surface area (Å²) in [5.41, 5.74) is 4.75. The van der Waals surface area contributed by atoms with Crippen LogP contribution in [-0.4, -0.2) is 0 Å². The van der Waals surface area contributed by atoms with Gasteiger partial charge in [-0.3, -0.25) is 5.84 Å². The first-order valence-corrected chi connectivity index (χ1v) is 4.18. The van der Waals surface area contributed by atoms with E-state index in [2.05, 4.69) is 24.5 Å². The second-order valence-electron chi connectivity index (χ2n) is 3.12. The molecule has 2 rings (SSSR count). The van der Waals surface area contributed by atoms with Crippen LogP contribution in [0.4, 0.5) is 5.69 Å². The van der Waals surface area contributed by atoms with Crippen molar-refractivity contribution in [2.24, 2.45) is 5.84 Å². The summed E-state index contributed by atoms with van der Waals surface area (Å²) in [6, 6.07) is 13.3. The van der Waals surface area contributed by atoms with Crippen LogP contribution >= 0.6 is 0 Å². The number of hydrogen-bond donors (Lipinski definition) is 2. The standard InChI is InChI=1S/C11H11N2.Y/c1-8-2-3-10-7-11(13-12)5-4-9(10)6-8;/h2,4-7,13H,12H2,1H3;/q-1;. The number of rotatable bonds is 1. The summed E-state index contributed by atoms with van der Waals surface area (Å²) in [6.07, 6.45) is 0. The van der Waals surface area contributed by atoms with Gasteiger partial charge in [-0.1, -0.05) is 19.1 Å². The van der Waals surface area contributed by atoms with Crippen LogP contribution in [0.15, 0.2) is 30.3 Å². The summed E-state index contributed by atoms with van der Waals surface area (Å²) < 4.78 is 0. The van der Waals surface area contributed by atoms with Gasteiger partial charge in [-0.2, -0.15) is 0 Å². The van der Waals surface area contributed by atoms with E-state index in [1.54, 1.807) is 0 Å².